The molecule has 0 aromatic carbocycles. The van der Waals surface area contributed by atoms with Gasteiger partial charge < -0.3 is 9.72 Å². The van der Waals surface area contributed by atoms with Crippen molar-refractivity contribution in [2.24, 2.45) is 0 Å². The standard InChI is InChI=1S/C9H8BrN3O2/c1-2-15-9(14)8-12-6(10)5-3-4-11-7(5)13-8/h3-4H,2H2,1H3,(H,11,12,13). The van der Waals surface area contributed by atoms with Crippen LogP contribution in [0.25, 0.3) is 11.0 Å². The molecule has 0 fully saturated rings. The van der Waals surface area contributed by atoms with E-state index in [9.17, 15) is 4.79 Å². The van der Waals surface area contributed by atoms with Crippen LogP contribution in [0.15, 0.2) is 16.9 Å². The third kappa shape index (κ3) is 1.85. The largest absolute Gasteiger partial charge is 0.460 e. The summed E-state index contributed by atoms with van der Waals surface area (Å²) in [6, 6.07) is 1.83. The summed E-state index contributed by atoms with van der Waals surface area (Å²) in [6.07, 6.45) is 1.74. The van der Waals surface area contributed by atoms with Gasteiger partial charge in [-0.2, -0.15) is 0 Å². The van der Waals surface area contributed by atoms with Crippen molar-refractivity contribution in [2.45, 2.75) is 6.92 Å². The molecule has 1 N–H and O–H groups in total. The van der Waals surface area contributed by atoms with Crippen LogP contribution in [0.5, 0.6) is 0 Å². The van der Waals surface area contributed by atoms with E-state index in [1.165, 1.54) is 0 Å². The summed E-state index contributed by atoms with van der Waals surface area (Å²) < 4.78 is 5.39. The van der Waals surface area contributed by atoms with Crippen LogP contribution in [-0.2, 0) is 4.74 Å². The van der Waals surface area contributed by atoms with Gasteiger partial charge in [0.25, 0.3) is 0 Å². The third-order valence-electron chi connectivity index (χ3n) is 1.83. The van der Waals surface area contributed by atoms with Gasteiger partial charge in [-0.1, -0.05) is 0 Å². The van der Waals surface area contributed by atoms with Gasteiger partial charge in [0.15, 0.2) is 0 Å². The highest BCUT2D eigenvalue weighted by Crippen LogP contribution is 2.19. The minimum atomic E-state index is -0.519. The van der Waals surface area contributed by atoms with Gasteiger partial charge in [-0.05, 0) is 28.9 Å². The molecule has 0 aliphatic rings. The second-order valence-electron chi connectivity index (χ2n) is 2.80. The van der Waals surface area contributed by atoms with E-state index in [1.807, 2.05) is 6.07 Å². The Morgan fingerprint density at radius 2 is 2.40 bits per heavy atom. The first-order chi connectivity index (χ1) is 7.22. The fourth-order valence-electron chi connectivity index (χ4n) is 1.19. The van der Waals surface area contributed by atoms with Crippen molar-refractivity contribution in [3.05, 3.63) is 22.7 Å². The monoisotopic (exact) mass is 269 g/mol. The second kappa shape index (κ2) is 3.98. The Morgan fingerprint density at radius 1 is 1.60 bits per heavy atom. The number of ether oxygens (including phenoxy) is 1. The molecule has 0 saturated heterocycles. The molecule has 78 valence electrons. The van der Waals surface area contributed by atoms with Crippen LogP contribution < -0.4 is 0 Å². The molecular weight excluding hydrogens is 262 g/mol. The zero-order chi connectivity index (χ0) is 10.8. The first-order valence-electron chi connectivity index (χ1n) is 4.40. The van der Waals surface area contributed by atoms with E-state index in [-0.39, 0.29) is 5.82 Å². The number of hydrogen-bond donors (Lipinski definition) is 1. The van der Waals surface area contributed by atoms with E-state index in [2.05, 4.69) is 30.9 Å². The van der Waals surface area contributed by atoms with E-state index in [0.29, 0.717) is 16.9 Å². The predicted octanol–water partition coefficient (Wildman–Crippen LogP) is 1.90. The lowest BCUT2D eigenvalue weighted by Crippen LogP contribution is -2.09. The number of nitrogens with one attached hydrogen (secondary N) is 1. The average Bonchev–Trinajstić information content (AvgIpc) is 2.66. The lowest BCUT2D eigenvalue weighted by molar-refractivity contribution is 0.0512. The molecule has 15 heavy (non-hydrogen) atoms. The van der Waals surface area contributed by atoms with Crippen LogP contribution in [0.1, 0.15) is 17.5 Å². The van der Waals surface area contributed by atoms with Crippen molar-refractivity contribution in [3.8, 4) is 0 Å². The van der Waals surface area contributed by atoms with Crippen LogP contribution in [0, 0.1) is 0 Å². The fraction of sp³-hybridized carbons (Fsp3) is 0.222. The van der Waals surface area contributed by atoms with E-state index in [0.717, 1.165) is 5.39 Å². The number of carbonyl (C=O) groups excluding carboxylic acids is 1. The first-order valence-corrected chi connectivity index (χ1v) is 5.19. The predicted molar refractivity (Wildman–Crippen MR) is 57.5 cm³/mol. The van der Waals surface area contributed by atoms with Gasteiger partial charge in [0.2, 0.25) is 5.82 Å². The van der Waals surface area contributed by atoms with Gasteiger partial charge >= 0.3 is 5.97 Å². The van der Waals surface area contributed by atoms with E-state index in [4.69, 9.17) is 4.74 Å². The van der Waals surface area contributed by atoms with Gasteiger partial charge in [-0.3, -0.25) is 0 Å². The Bertz CT molecular complexity index is 509. The Morgan fingerprint density at radius 3 is 3.13 bits per heavy atom. The van der Waals surface area contributed by atoms with Crippen LogP contribution >= 0.6 is 15.9 Å². The lowest BCUT2D eigenvalue weighted by Gasteiger charge is -2.01. The highest BCUT2D eigenvalue weighted by atomic mass is 79.9. The first kappa shape index (κ1) is 10.1. The fourth-order valence-corrected chi connectivity index (χ4v) is 1.68. The molecule has 0 aliphatic heterocycles. The van der Waals surface area contributed by atoms with Gasteiger partial charge in [0.1, 0.15) is 10.3 Å². The van der Waals surface area contributed by atoms with Gasteiger partial charge in [-0.25, -0.2) is 14.8 Å². The van der Waals surface area contributed by atoms with Crippen LogP contribution in [0.3, 0.4) is 0 Å². The molecule has 0 spiro atoms. The van der Waals surface area contributed by atoms with Crippen molar-refractivity contribution in [3.63, 3.8) is 0 Å². The Hall–Kier alpha value is -1.43. The number of nitrogens with zero attached hydrogens (tertiary/aromatic N) is 2. The summed E-state index contributed by atoms with van der Waals surface area (Å²) in [5.74, 6) is -0.464. The molecule has 2 aromatic rings. The molecule has 2 aromatic heterocycles. The molecule has 0 amide bonds. The summed E-state index contributed by atoms with van der Waals surface area (Å²) in [5.41, 5.74) is 0.611. The summed E-state index contributed by atoms with van der Waals surface area (Å²) >= 11 is 3.27. The van der Waals surface area contributed by atoms with Crippen LogP contribution in [0.2, 0.25) is 0 Å². The molecule has 6 heteroatoms. The normalized spacial score (nSPS) is 10.5. The maximum atomic E-state index is 11.4. The highest BCUT2D eigenvalue weighted by Gasteiger charge is 2.13. The molecule has 0 bridgehead atoms. The van der Waals surface area contributed by atoms with E-state index < -0.39 is 5.97 Å². The van der Waals surface area contributed by atoms with Gasteiger partial charge in [0, 0.05) is 6.20 Å². The number of hydrogen-bond acceptors (Lipinski definition) is 4. The maximum absolute atomic E-state index is 11.4. The molecule has 2 rings (SSSR count). The minimum Gasteiger partial charge on any atom is -0.460 e. The summed E-state index contributed by atoms with van der Waals surface area (Å²) in [5, 5.41) is 0.836. The SMILES string of the molecule is CCOC(=O)c1nc(Br)c2cc[nH]c2n1. The number of aromatic amines is 1. The molecule has 0 unspecified atom stereocenters. The number of rotatable bonds is 2. The van der Waals surface area contributed by atoms with Crippen molar-refractivity contribution in [2.75, 3.05) is 6.61 Å². The Balaban J connectivity index is 2.49. The zero-order valence-corrected chi connectivity index (χ0v) is 9.54. The van der Waals surface area contributed by atoms with Crippen molar-refractivity contribution in [1.29, 1.82) is 0 Å². The van der Waals surface area contributed by atoms with Gasteiger partial charge in [-0.15, -0.1) is 0 Å². The molecule has 2 heterocycles. The number of carbonyl (C=O) groups is 1. The smallest absolute Gasteiger partial charge is 0.376 e. The van der Waals surface area contributed by atoms with Gasteiger partial charge in [0.05, 0.1) is 12.0 Å². The average molecular weight is 270 g/mol. The Kier molecular flexibility index (Phi) is 2.68. The molecule has 0 saturated carbocycles. The number of fused-ring (bicyclic) bond motifs is 1. The third-order valence-corrected chi connectivity index (χ3v) is 2.43. The topological polar surface area (TPSA) is 67.9 Å². The lowest BCUT2D eigenvalue weighted by atomic mass is 10.4. The maximum Gasteiger partial charge on any atom is 0.376 e. The molecular formula is C9H8BrN3O2. The molecule has 0 aliphatic carbocycles. The van der Waals surface area contributed by atoms with Crippen molar-refractivity contribution >= 4 is 32.9 Å². The quantitative estimate of drug-likeness (QED) is 0.668. The van der Waals surface area contributed by atoms with E-state index >= 15 is 0 Å². The Labute approximate surface area is 94.0 Å². The number of esters is 1. The van der Waals surface area contributed by atoms with Crippen molar-refractivity contribution < 1.29 is 9.53 Å². The molecule has 0 atom stereocenters. The molecule has 5 nitrogen and oxygen atoms in total. The highest BCUT2D eigenvalue weighted by molar-refractivity contribution is 9.10. The summed E-state index contributed by atoms with van der Waals surface area (Å²) in [6.45, 7) is 2.04. The second-order valence-corrected chi connectivity index (χ2v) is 3.55. The van der Waals surface area contributed by atoms with E-state index in [1.54, 1.807) is 13.1 Å². The summed E-state index contributed by atoms with van der Waals surface area (Å²) in [7, 11) is 0. The number of H-pyrrole nitrogens is 1. The number of aromatic nitrogens is 3. The summed E-state index contributed by atoms with van der Waals surface area (Å²) in [4.78, 5) is 22.3. The minimum absolute atomic E-state index is 0.0543. The molecule has 0 radical (unpaired) electrons. The zero-order valence-electron chi connectivity index (χ0n) is 7.95. The number of halogens is 1. The van der Waals surface area contributed by atoms with Crippen LogP contribution in [-0.4, -0.2) is 27.5 Å². The van der Waals surface area contributed by atoms with Crippen molar-refractivity contribution in [1.82, 2.24) is 15.0 Å². The van der Waals surface area contributed by atoms with Crippen LogP contribution in [0.4, 0.5) is 0 Å².